The summed E-state index contributed by atoms with van der Waals surface area (Å²) < 4.78 is 0. The van der Waals surface area contributed by atoms with Crippen LogP contribution in [0.3, 0.4) is 0 Å². The van der Waals surface area contributed by atoms with Crippen molar-refractivity contribution in [3.8, 4) is 0 Å². The third kappa shape index (κ3) is 1.62. The topological polar surface area (TPSA) is 17.1 Å². The largest absolute Gasteiger partial charge is 0.289 e. The second-order valence-electron chi connectivity index (χ2n) is 3.03. The molecule has 1 fully saturated rings. The zero-order valence-corrected chi connectivity index (χ0v) is 6.79. The normalized spacial score (nSPS) is 14.2. The minimum Gasteiger partial charge on any atom is -0.289 e. The van der Waals surface area contributed by atoms with Crippen LogP contribution in [0, 0.1) is 0 Å². The summed E-state index contributed by atoms with van der Waals surface area (Å²) in [5, 5.41) is 0. The smallest absolute Gasteiger partial charge is 0.185 e. The fraction of sp³-hybridized carbons (Fsp3) is 0.182. The van der Waals surface area contributed by atoms with E-state index in [1.54, 1.807) is 6.08 Å². The highest BCUT2D eigenvalue weighted by molar-refractivity contribution is 6.05. The second kappa shape index (κ2) is 2.94. The molecule has 0 radical (unpaired) electrons. The Hall–Kier alpha value is -1.37. The molecule has 0 N–H and O–H groups in total. The lowest BCUT2D eigenvalue weighted by molar-refractivity contribution is 0.104. The number of carbonyl (C=O) groups is 1. The molecule has 0 amide bonds. The summed E-state index contributed by atoms with van der Waals surface area (Å²) in [5.41, 5.74) is 2.07. The standard InChI is InChI=1S/C11H10O/c12-11(8-9-6-7-9)10-4-2-1-3-5-10/h1-5,8H,6-7H2. The van der Waals surface area contributed by atoms with Crippen molar-refractivity contribution in [2.24, 2.45) is 0 Å². The molecule has 0 aliphatic heterocycles. The monoisotopic (exact) mass is 158 g/mol. The van der Waals surface area contributed by atoms with Crippen LogP contribution in [-0.4, -0.2) is 5.78 Å². The number of hydrogen-bond donors (Lipinski definition) is 0. The lowest BCUT2D eigenvalue weighted by Crippen LogP contribution is -1.92. The number of rotatable bonds is 2. The van der Waals surface area contributed by atoms with Crippen molar-refractivity contribution in [1.82, 2.24) is 0 Å². The predicted octanol–water partition coefficient (Wildman–Crippen LogP) is 2.59. The van der Waals surface area contributed by atoms with E-state index in [-0.39, 0.29) is 5.78 Å². The Morgan fingerprint density at radius 2 is 1.83 bits per heavy atom. The van der Waals surface area contributed by atoms with Crippen LogP contribution in [0.2, 0.25) is 0 Å². The first-order chi connectivity index (χ1) is 5.86. The Balaban J connectivity index is 2.20. The van der Waals surface area contributed by atoms with Crippen molar-refractivity contribution in [3.05, 3.63) is 47.5 Å². The summed E-state index contributed by atoms with van der Waals surface area (Å²) >= 11 is 0. The van der Waals surface area contributed by atoms with E-state index in [1.807, 2.05) is 30.3 Å². The van der Waals surface area contributed by atoms with Crippen LogP contribution in [0.1, 0.15) is 23.2 Å². The van der Waals surface area contributed by atoms with Crippen LogP contribution >= 0.6 is 0 Å². The Bertz CT molecular complexity index is 316. The maximum absolute atomic E-state index is 11.4. The minimum absolute atomic E-state index is 0.142. The number of carbonyl (C=O) groups excluding carboxylic acids is 1. The van der Waals surface area contributed by atoms with Gasteiger partial charge in [0.05, 0.1) is 0 Å². The van der Waals surface area contributed by atoms with Gasteiger partial charge in [-0.3, -0.25) is 4.79 Å². The molecule has 1 aliphatic rings. The molecule has 0 aromatic heterocycles. The van der Waals surface area contributed by atoms with Gasteiger partial charge in [0.15, 0.2) is 5.78 Å². The van der Waals surface area contributed by atoms with E-state index in [0.717, 1.165) is 18.4 Å². The van der Waals surface area contributed by atoms with Crippen molar-refractivity contribution in [1.29, 1.82) is 0 Å². The van der Waals surface area contributed by atoms with E-state index in [4.69, 9.17) is 0 Å². The van der Waals surface area contributed by atoms with Gasteiger partial charge in [-0.05, 0) is 18.9 Å². The highest BCUT2D eigenvalue weighted by Gasteiger charge is 2.13. The molecule has 1 saturated carbocycles. The molecule has 1 aromatic carbocycles. The van der Waals surface area contributed by atoms with Crippen LogP contribution in [0.4, 0.5) is 0 Å². The predicted molar refractivity (Wildman–Crippen MR) is 48.1 cm³/mol. The average Bonchev–Trinajstić information content (AvgIpc) is 2.90. The first kappa shape index (κ1) is 7.29. The summed E-state index contributed by atoms with van der Waals surface area (Å²) in [4.78, 5) is 11.4. The average molecular weight is 158 g/mol. The van der Waals surface area contributed by atoms with Crippen LogP contribution in [0.5, 0.6) is 0 Å². The lowest BCUT2D eigenvalue weighted by Gasteiger charge is -1.92. The third-order valence-electron chi connectivity index (χ3n) is 1.93. The van der Waals surface area contributed by atoms with Gasteiger partial charge in [0.1, 0.15) is 0 Å². The van der Waals surface area contributed by atoms with Gasteiger partial charge in [-0.2, -0.15) is 0 Å². The van der Waals surface area contributed by atoms with Gasteiger partial charge < -0.3 is 0 Å². The summed E-state index contributed by atoms with van der Waals surface area (Å²) in [7, 11) is 0. The Labute approximate surface area is 71.7 Å². The van der Waals surface area contributed by atoms with Gasteiger partial charge >= 0.3 is 0 Å². The SMILES string of the molecule is O=C(C=C1CC1)c1ccccc1. The van der Waals surface area contributed by atoms with E-state index in [9.17, 15) is 4.79 Å². The summed E-state index contributed by atoms with van der Waals surface area (Å²) in [5.74, 6) is 0.142. The molecule has 1 heteroatoms. The Morgan fingerprint density at radius 3 is 2.42 bits per heavy atom. The van der Waals surface area contributed by atoms with Gasteiger partial charge in [0, 0.05) is 5.56 Å². The van der Waals surface area contributed by atoms with E-state index in [1.165, 1.54) is 5.57 Å². The Morgan fingerprint density at radius 1 is 1.17 bits per heavy atom. The molecule has 12 heavy (non-hydrogen) atoms. The number of hydrogen-bond acceptors (Lipinski definition) is 1. The number of allylic oxidation sites excluding steroid dienone is 2. The van der Waals surface area contributed by atoms with E-state index < -0.39 is 0 Å². The van der Waals surface area contributed by atoms with Gasteiger partial charge in [0.2, 0.25) is 0 Å². The molecule has 1 aromatic rings. The number of ketones is 1. The van der Waals surface area contributed by atoms with Crippen LogP contribution in [0.25, 0.3) is 0 Å². The van der Waals surface area contributed by atoms with Crippen molar-refractivity contribution in [2.75, 3.05) is 0 Å². The summed E-state index contributed by atoms with van der Waals surface area (Å²) in [6, 6.07) is 9.39. The summed E-state index contributed by atoms with van der Waals surface area (Å²) in [6.45, 7) is 0. The van der Waals surface area contributed by atoms with E-state index >= 15 is 0 Å². The lowest BCUT2D eigenvalue weighted by atomic mass is 10.1. The highest BCUT2D eigenvalue weighted by atomic mass is 16.1. The zero-order chi connectivity index (χ0) is 8.39. The quantitative estimate of drug-likeness (QED) is 0.477. The van der Waals surface area contributed by atoms with Crippen LogP contribution in [-0.2, 0) is 0 Å². The van der Waals surface area contributed by atoms with Gasteiger partial charge in [0.25, 0.3) is 0 Å². The molecule has 1 aliphatic carbocycles. The molecule has 0 heterocycles. The fourth-order valence-corrected chi connectivity index (χ4v) is 1.09. The molecule has 0 bridgehead atoms. The first-order valence-electron chi connectivity index (χ1n) is 4.15. The summed E-state index contributed by atoms with van der Waals surface area (Å²) in [6.07, 6.45) is 3.98. The third-order valence-corrected chi connectivity index (χ3v) is 1.93. The molecular formula is C11H10O. The maximum Gasteiger partial charge on any atom is 0.185 e. The highest BCUT2D eigenvalue weighted by Crippen LogP contribution is 2.27. The molecule has 60 valence electrons. The van der Waals surface area contributed by atoms with E-state index in [2.05, 4.69) is 0 Å². The maximum atomic E-state index is 11.4. The molecule has 0 spiro atoms. The molecule has 2 rings (SSSR count). The first-order valence-corrected chi connectivity index (χ1v) is 4.15. The zero-order valence-electron chi connectivity index (χ0n) is 6.79. The van der Waals surface area contributed by atoms with E-state index in [0.29, 0.717) is 0 Å². The van der Waals surface area contributed by atoms with Gasteiger partial charge in [-0.1, -0.05) is 35.9 Å². The van der Waals surface area contributed by atoms with Crippen molar-refractivity contribution in [3.63, 3.8) is 0 Å². The molecule has 1 nitrogen and oxygen atoms in total. The minimum atomic E-state index is 0.142. The molecule has 0 unspecified atom stereocenters. The fourth-order valence-electron chi connectivity index (χ4n) is 1.09. The Kier molecular flexibility index (Phi) is 1.78. The van der Waals surface area contributed by atoms with Crippen LogP contribution in [0.15, 0.2) is 42.0 Å². The molecule has 0 saturated heterocycles. The molecular weight excluding hydrogens is 148 g/mol. The number of benzene rings is 1. The second-order valence-corrected chi connectivity index (χ2v) is 3.03. The van der Waals surface area contributed by atoms with Crippen molar-refractivity contribution < 1.29 is 4.79 Å². The molecule has 0 atom stereocenters. The van der Waals surface area contributed by atoms with Crippen LogP contribution < -0.4 is 0 Å². The van der Waals surface area contributed by atoms with Crippen molar-refractivity contribution in [2.45, 2.75) is 12.8 Å². The van der Waals surface area contributed by atoms with Gasteiger partial charge in [-0.25, -0.2) is 0 Å². The van der Waals surface area contributed by atoms with Crippen molar-refractivity contribution >= 4 is 5.78 Å². The van der Waals surface area contributed by atoms with Gasteiger partial charge in [-0.15, -0.1) is 0 Å².